The van der Waals surface area contributed by atoms with E-state index in [1.165, 1.54) is 0 Å². The molecule has 0 spiro atoms. The van der Waals surface area contributed by atoms with Gasteiger partial charge in [0, 0.05) is 16.5 Å². The molecule has 104 valence electrons. The third-order valence-corrected chi connectivity index (χ3v) is 3.77. The van der Waals surface area contributed by atoms with Crippen LogP contribution in [-0.4, -0.2) is 12.3 Å². The molecule has 1 aromatic rings. The highest BCUT2D eigenvalue weighted by Crippen LogP contribution is 2.37. The maximum atomic E-state index is 11.5. The average Bonchev–Trinajstić information content (AvgIpc) is 2.31. The molecule has 1 rings (SSSR count). The summed E-state index contributed by atoms with van der Waals surface area (Å²) in [6, 6.07) is 3.71. The molecule has 0 heterocycles. The van der Waals surface area contributed by atoms with E-state index in [4.69, 9.17) is 9.47 Å². The van der Waals surface area contributed by atoms with E-state index in [0.717, 1.165) is 13.4 Å². The van der Waals surface area contributed by atoms with E-state index in [-0.39, 0.29) is 0 Å². The topological polar surface area (TPSA) is 35.5 Å². The highest BCUT2D eigenvalue weighted by atomic mass is 79.9. The van der Waals surface area contributed by atoms with Gasteiger partial charge >= 0.3 is 5.97 Å². The van der Waals surface area contributed by atoms with Crippen LogP contribution in [0.1, 0.15) is 20.3 Å². The molecule has 0 amide bonds. The highest BCUT2D eigenvalue weighted by molar-refractivity contribution is 9.11. The Hall–Kier alpha value is -0.330. The first-order valence-electron chi connectivity index (χ1n) is 5.52. The lowest BCUT2D eigenvalue weighted by atomic mass is 10.3. The van der Waals surface area contributed by atoms with E-state index in [1.54, 1.807) is 6.92 Å². The third kappa shape index (κ3) is 4.93. The summed E-state index contributed by atoms with van der Waals surface area (Å²) < 4.78 is 13.3. The molecule has 0 aliphatic rings. The normalized spacial score (nSPS) is 11.8. The Labute approximate surface area is 137 Å². The monoisotopic (exact) mass is 454 g/mol. The minimum absolute atomic E-state index is 0.344. The maximum Gasteiger partial charge on any atom is 0.336 e. The maximum absolute atomic E-state index is 11.5. The molecule has 0 saturated carbocycles. The molecule has 0 aliphatic carbocycles. The summed E-state index contributed by atoms with van der Waals surface area (Å²) in [4.78, 5) is 11.5. The van der Waals surface area contributed by atoms with Gasteiger partial charge in [-0.05, 0) is 50.9 Å². The van der Waals surface area contributed by atoms with Gasteiger partial charge in [0.25, 0.3) is 0 Å². The van der Waals surface area contributed by atoms with Crippen molar-refractivity contribution in [2.75, 3.05) is 0 Å². The molecule has 3 nitrogen and oxygen atoms in total. The number of hydrogen-bond acceptors (Lipinski definition) is 3. The van der Waals surface area contributed by atoms with Gasteiger partial charge in [0.05, 0.1) is 8.95 Å². The molecule has 0 saturated heterocycles. The molecule has 19 heavy (non-hydrogen) atoms. The lowest BCUT2D eigenvalue weighted by Crippen LogP contribution is -2.24. The van der Waals surface area contributed by atoms with E-state index >= 15 is 0 Å². The van der Waals surface area contributed by atoms with E-state index in [0.29, 0.717) is 17.7 Å². The van der Waals surface area contributed by atoms with E-state index < -0.39 is 12.3 Å². The van der Waals surface area contributed by atoms with Gasteiger partial charge in [-0.15, -0.1) is 0 Å². The minimum Gasteiger partial charge on any atom is -0.452 e. The van der Waals surface area contributed by atoms with Gasteiger partial charge in [-0.1, -0.05) is 29.4 Å². The second-order valence-corrected chi connectivity index (χ2v) is 6.46. The number of carbonyl (C=O) groups excluding carboxylic acids is 1. The fraction of sp³-hybridized carbons (Fsp3) is 0.308. The van der Waals surface area contributed by atoms with Gasteiger partial charge in [-0.3, -0.25) is 0 Å². The lowest BCUT2D eigenvalue weighted by molar-refractivity contribution is -0.159. The summed E-state index contributed by atoms with van der Waals surface area (Å²) in [6.07, 6.45) is -0.119. The number of esters is 1. The van der Waals surface area contributed by atoms with Gasteiger partial charge in [0.1, 0.15) is 0 Å². The van der Waals surface area contributed by atoms with Crippen LogP contribution in [0.2, 0.25) is 0 Å². The second-order valence-electron chi connectivity index (χ2n) is 3.84. The van der Waals surface area contributed by atoms with Gasteiger partial charge in [-0.2, -0.15) is 0 Å². The zero-order valence-electron chi connectivity index (χ0n) is 10.5. The number of rotatable bonds is 5. The molecule has 0 radical (unpaired) electrons. The van der Waals surface area contributed by atoms with Crippen LogP contribution in [0.25, 0.3) is 0 Å². The number of hydrogen-bond donors (Lipinski definition) is 0. The van der Waals surface area contributed by atoms with Crippen molar-refractivity contribution >= 4 is 53.8 Å². The van der Waals surface area contributed by atoms with Crippen LogP contribution in [0.15, 0.2) is 37.7 Å². The number of benzene rings is 1. The van der Waals surface area contributed by atoms with E-state index in [1.807, 2.05) is 19.1 Å². The highest BCUT2D eigenvalue weighted by Gasteiger charge is 2.18. The summed E-state index contributed by atoms with van der Waals surface area (Å²) in [6.45, 7) is 7.01. The van der Waals surface area contributed by atoms with E-state index in [2.05, 4.69) is 54.4 Å². The summed E-state index contributed by atoms with van der Waals surface area (Å²) in [7, 11) is 0. The Morgan fingerprint density at radius 3 is 2.26 bits per heavy atom. The van der Waals surface area contributed by atoms with Crippen molar-refractivity contribution in [3.63, 3.8) is 0 Å². The molecular weight excluding hydrogens is 444 g/mol. The predicted molar refractivity (Wildman–Crippen MR) is 85.2 cm³/mol. The van der Waals surface area contributed by atoms with Crippen molar-refractivity contribution < 1.29 is 14.3 Å². The van der Waals surface area contributed by atoms with Crippen LogP contribution in [0.3, 0.4) is 0 Å². The predicted octanol–water partition coefficient (Wildman–Crippen LogP) is 5.21. The van der Waals surface area contributed by atoms with Crippen LogP contribution < -0.4 is 4.74 Å². The van der Waals surface area contributed by atoms with Crippen molar-refractivity contribution in [2.45, 2.75) is 26.6 Å². The van der Waals surface area contributed by atoms with Crippen molar-refractivity contribution in [3.05, 3.63) is 37.7 Å². The Morgan fingerprint density at radius 1 is 1.32 bits per heavy atom. The minimum atomic E-state index is -0.655. The summed E-state index contributed by atoms with van der Waals surface area (Å²) in [5.41, 5.74) is 0.344. The summed E-state index contributed by atoms with van der Waals surface area (Å²) >= 11 is 10.2. The molecule has 1 unspecified atom stereocenters. The average molecular weight is 457 g/mol. The second kappa shape index (κ2) is 7.45. The molecule has 0 N–H and O–H groups in total. The van der Waals surface area contributed by atoms with Gasteiger partial charge < -0.3 is 9.47 Å². The molecular formula is C13H13Br3O3. The van der Waals surface area contributed by atoms with Gasteiger partial charge in [-0.25, -0.2) is 4.79 Å². The van der Waals surface area contributed by atoms with Crippen LogP contribution in [0.4, 0.5) is 0 Å². The van der Waals surface area contributed by atoms with Crippen molar-refractivity contribution in [3.8, 4) is 5.75 Å². The zero-order valence-corrected chi connectivity index (χ0v) is 15.3. The Kier molecular flexibility index (Phi) is 6.56. The molecule has 1 aromatic carbocycles. The van der Waals surface area contributed by atoms with Crippen molar-refractivity contribution in [1.29, 1.82) is 0 Å². The molecule has 0 aromatic heterocycles. The number of halogens is 3. The van der Waals surface area contributed by atoms with Crippen molar-refractivity contribution in [1.82, 2.24) is 0 Å². The molecule has 0 bridgehead atoms. The number of ether oxygens (including phenoxy) is 2. The Bertz CT molecular complexity index is 477. The number of carbonyl (C=O) groups is 1. The van der Waals surface area contributed by atoms with Crippen LogP contribution in [0, 0.1) is 0 Å². The molecule has 0 aliphatic heterocycles. The fourth-order valence-electron chi connectivity index (χ4n) is 1.18. The summed E-state index contributed by atoms with van der Waals surface area (Å²) in [5, 5.41) is 0. The SMILES string of the molecule is C=C(C)C(=O)OC(CC)Oc1c(Br)cc(Br)cc1Br. The standard InChI is InChI=1S/C13H13Br3O3/c1-4-11(19-13(17)7(2)3)18-12-9(15)5-8(14)6-10(12)16/h5-6,11H,2,4H2,1,3H3. The molecule has 1 atom stereocenters. The summed E-state index contributed by atoms with van der Waals surface area (Å²) in [5.74, 6) is 0.126. The molecule has 6 heteroatoms. The lowest BCUT2D eigenvalue weighted by Gasteiger charge is -2.20. The molecule has 0 fully saturated rings. The zero-order chi connectivity index (χ0) is 14.6. The Morgan fingerprint density at radius 2 is 1.84 bits per heavy atom. The first-order valence-corrected chi connectivity index (χ1v) is 7.90. The van der Waals surface area contributed by atoms with Crippen LogP contribution >= 0.6 is 47.8 Å². The van der Waals surface area contributed by atoms with E-state index in [9.17, 15) is 4.79 Å². The first-order chi connectivity index (χ1) is 8.85. The fourth-order valence-corrected chi connectivity index (χ4v) is 3.63. The Balaban J connectivity index is 2.87. The first kappa shape index (κ1) is 16.7. The smallest absolute Gasteiger partial charge is 0.336 e. The van der Waals surface area contributed by atoms with Crippen LogP contribution in [-0.2, 0) is 9.53 Å². The van der Waals surface area contributed by atoms with Gasteiger partial charge in [0.15, 0.2) is 5.75 Å². The largest absolute Gasteiger partial charge is 0.452 e. The van der Waals surface area contributed by atoms with Crippen molar-refractivity contribution in [2.24, 2.45) is 0 Å². The van der Waals surface area contributed by atoms with Gasteiger partial charge in [0.2, 0.25) is 6.29 Å². The van der Waals surface area contributed by atoms with Crippen LogP contribution in [0.5, 0.6) is 5.75 Å². The quantitative estimate of drug-likeness (QED) is 0.346. The third-order valence-electron chi connectivity index (χ3n) is 2.13.